The Morgan fingerprint density at radius 2 is 2.07 bits per heavy atom. The first-order valence-electron chi connectivity index (χ1n) is 9.11. The molecule has 7 heteroatoms. The van der Waals surface area contributed by atoms with Crippen molar-refractivity contribution in [3.05, 3.63) is 68.9 Å². The number of anilines is 1. The van der Waals surface area contributed by atoms with Gasteiger partial charge < -0.3 is 5.32 Å². The number of nitrogens with zero attached hydrogens (tertiary/aromatic N) is 2. The summed E-state index contributed by atoms with van der Waals surface area (Å²) in [7, 11) is 0. The summed E-state index contributed by atoms with van der Waals surface area (Å²) in [5, 5.41) is 7.44. The van der Waals surface area contributed by atoms with Crippen molar-refractivity contribution < 1.29 is 4.79 Å². The molecule has 1 N–H and O–H groups in total. The van der Waals surface area contributed by atoms with Crippen molar-refractivity contribution in [2.24, 2.45) is 0 Å². The Morgan fingerprint density at radius 3 is 2.93 bits per heavy atom. The number of carbonyl (C=O) groups is 1. The lowest BCUT2D eigenvalue weighted by Gasteiger charge is -2.09. The third kappa shape index (κ3) is 3.06. The molecular weight excluding hydrogens is 390 g/mol. The van der Waals surface area contributed by atoms with E-state index in [0.717, 1.165) is 29.0 Å². The van der Waals surface area contributed by atoms with Crippen molar-refractivity contribution in [3.8, 4) is 10.4 Å². The summed E-state index contributed by atoms with van der Waals surface area (Å²) in [5.41, 5.74) is 4.15. The van der Waals surface area contributed by atoms with Crippen molar-refractivity contribution in [3.63, 3.8) is 0 Å². The maximum Gasteiger partial charge on any atom is 0.263 e. The predicted octanol–water partition coefficient (Wildman–Crippen LogP) is 4.31. The number of benzene rings is 1. The number of aryl methyl sites for hydroxylation is 2. The number of carbonyl (C=O) groups excluding carboxylic acids is 1. The largest absolute Gasteiger partial charge is 0.325 e. The number of fused-ring (bicyclic) bond motifs is 2. The minimum atomic E-state index is -0.228. The average Bonchev–Trinajstić information content (AvgIpc) is 3.43. The SMILES string of the molecule is O=C(Cn1cnc2scc(-c3cccs3)c2c1=O)Nc1ccc2c(c1)CCC2. The van der Waals surface area contributed by atoms with Crippen LogP contribution in [-0.4, -0.2) is 15.5 Å². The smallest absolute Gasteiger partial charge is 0.263 e. The molecule has 0 unspecified atom stereocenters. The average molecular weight is 408 g/mol. The Bertz CT molecular complexity index is 1240. The highest BCUT2D eigenvalue weighted by Gasteiger charge is 2.16. The fraction of sp³-hybridized carbons (Fsp3) is 0.190. The number of rotatable bonds is 4. The van der Waals surface area contributed by atoms with Gasteiger partial charge in [-0.3, -0.25) is 14.2 Å². The molecule has 4 aromatic rings. The van der Waals surface area contributed by atoms with Crippen molar-refractivity contribution in [1.29, 1.82) is 0 Å². The van der Waals surface area contributed by atoms with Crippen LogP contribution in [0.3, 0.4) is 0 Å². The summed E-state index contributed by atoms with van der Waals surface area (Å²) in [6.45, 7) is -0.0570. The second kappa shape index (κ2) is 7.00. The molecule has 140 valence electrons. The molecule has 5 nitrogen and oxygen atoms in total. The fourth-order valence-corrected chi connectivity index (χ4v) is 5.42. The summed E-state index contributed by atoms with van der Waals surface area (Å²) < 4.78 is 1.38. The highest BCUT2D eigenvalue weighted by atomic mass is 32.1. The molecule has 28 heavy (non-hydrogen) atoms. The third-order valence-corrected chi connectivity index (χ3v) is 6.83. The zero-order valence-corrected chi connectivity index (χ0v) is 16.6. The monoisotopic (exact) mass is 407 g/mol. The number of hydrogen-bond acceptors (Lipinski definition) is 5. The molecule has 0 bridgehead atoms. The van der Waals surface area contributed by atoms with Gasteiger partial charge in [0.05, 0.1) is 11.7 Å². The summed E-state index contributed by atoms with van der Waals surface area (Å²) in [6.07, 6.45) is 4.79. The molecule has 1 aromatic carbocycles. The lowest BCUT2D eigenvalue weighted by molar-refractivity contribution is -0.116. The minimum absolute atomic E-state index is 0.0570. The molecule has 1 aliphatic rings. The summed E-state index contributed by atoms with van der Waals surface area (Å²) >= 11 is 3.04. The van der Waals surface area contributed by atoms with Gasteiger partial charge in [-0.05, 0) is 54.0 Å². The van der Waals surface area contributed by atoms with Crippen molar-refractivity contribution in [2.45, 2.75) is 25.8 Å². The molecule has 0 saturated heterocycles. The number of hydrogen-bond donors (Lipinski definition) is 1. The predicted molar refractivity (Wildman–Crippen MR) is 114 cm³/mol. The van der Waals surface area contributed by atoms with Crippen LogP contribution < -0.4 is 10.9 Å². The molecule has 0 radical (unpaired) electrons. The highest BCUT2D eigenvalue weighted by Crippen LogP contribution is 2.33. The molecule has 0 fully saturated rings. The van der Waals surface area contributed by atoms with E-state index >= 15 is 0 Å². The number of aromatic nitrogens is 2. The van der Waals surface area contributed by atoms with Crippen LogP contribution in [0, 0.1) is 0 Å². The Kier molecular flexibility index (Phi) is 4.33. The standard InChI is InChI=1S/C21H17N3O2S2/c25-18(23-15-7-6-13-3-1-4-14(13)9-15)10-24-12-22-20-19(21(24)26)16(11-28-20)17-5-2-8-27-17/h2,5-9,11-12H,1,3-4,10H2,(H,23,25). The van der Waals surface area contributed by atoms with Gasteiger partial charge in [-0.15, -0.1) is 22.7 Å². The maximum atomic E-state index is 13.0. The Labute approximate surface area is 169 Å². The fourth-order valence-electron chi connectivity index (χ4n) is 3.70. The minimum Gasteiger partial charge on any atom is -0.325 e. The Hall–Kier alpha value is -2.77. The first-order chi connectivity index (χ1) is 13.7. The zero-order chi connectivity index (χ0) is 19.1. The van der Waals surface area contributed by atoms with Crippen LogP contribution in [0.2, 0.25) is 0 Å². The summed E-state index contributed by atoms with van der Waals surface area (Å²) in [6, 6.07) is 10.0. The second-order valence-electron chi connectivity index (χ2n) is 6.87. The first kappa shape index (κ1) is 17.3. The van der Waals surface area contributed by atoms with Gasteiger partial charge in [-0.25, -0.2) is 4.98 Å². The van der Waals surface area contributed by atoms with Crippen LogP contribution in [-0.2, 0) is 24.2 Å². The first-order valence-corrected chi connectivity index (χ1v) is 10.9. The van der Waals surface area contributed by atoms with Crippen LogP contribution in [0.4, 0.5) is 5.69 Å². The number of nitrogens with one attached hydrogen (secondary N) is 1. The van der Waals surface area contributed by atoms with Gasteiger partial charge in [0.2, 0.25) is 5.91 Å². The molecule has 0 aliphatic heterocycles. The van der Waals surface area contributed by atoms with Crippen molar-refractivity contribution in [2.75, 3.05) is 5.32 Å². The molecule has 3 aromatic heterocycles. The topological polar surface area (TPSA) is 64.0 Å². The van der Waals surface area contributed by atoms with E-state index < -0.39 is 0 Å². The van der Waals surface area contributed by atoms with Gasteiger partial charge in [-0.2, -0.15) is 0 Å². The van der Waals surface area contributed by atoms with E-state index in [9.17, 15) is 9.59 Å². The van der Waals surface area contributed by atoms with E-state index in [1.165, 1.54) is 39.8 Å². The van der Waals surface area contributed by atoms with Crippen LogP contribution in [0.5, 0.6) is 0 Å². The van der Waals surface area contributed by atoms with Gasteiger partial charge >= 0.3 is 0 Å². The Morgan fingerprint density at radius 1 is 1.18 bits per heavy atom. The maximum absolute atomic E-state index is 13.0. The quantitative estimate of drug-likeness (QED) is 0.548. The van der Waals surface area contributed by atoms with Crippen LogP contribution >= 0.6 is 22.7 Å². The summed E-state index contributed by atoms with van der Waals surface area (Å²) in [4.78, 5) is 31.6. The van der Waals surface area contributed by atoms with Crippen LogP contribution in [0.25, 0.3) is 20.7 Å². The van der Waals surface area contributed by atoms with Gasteiger partial charge in [0, 0.05) is 21.5 Å². The van der Waals surface area contributed by atoms with E-state index in [0.29, 0.717) is 10.2 Å². The van der Waals surface area contributed by atoms with E-state index in [2.05, 4.69) is 16.4 Å². The molecule has 5 rings (SSSR count). The van der Waals surface area contributed by atoms with E-state index in [1.807, 2.05) is 35.0 Å². The van der Waals surface area contributed by atoms with Gasteiger partial charge in [0.25, 0.3) is 5.56 Å². The molecular formula is C21H17N3O2S2. The lowest BCUT2D eigenvalue weighted by Crippen LogP contribution is -2.27. The van der Waals surface area contributed by atoms with Crippen molar-refractivity contribution in [1.82, 2.24) is 9.55 Å². The van der Waals surface area contributed by atoms with Gasteiger partial charge in [-0.1, -0.05) is 12.1 Å². The van der Waals surface area contributed by atoms with Crippen LogP contribution in [0.1, 0.15) is 17.5 Å². The third-order valence-electron chi connectivity index (χ3n) is 5.04. The molecule has 0 atom stereocenters. The van der Waals surface area contributed by atoms with Gasteiger partial charge in [0.15, 0.2) is 0 Å². The number of amides is 1. The van der Waals surface area contributed by atoms with E-state index in [-0.39, 0.29) is 18.0 Å². The zero-order valence-electron chi connectivity index (χ0n) is 15.0. The molecule has 3 heterocycles. The van der Waals surface area contributed by atoms with E-state index in [1.54, 1.807) is 11.3 Å². The lowest BCUT2D eigenvalue weighted by atomic mass is 10.1. The van der Waals surface area contributed by atoms with E-state index in [4.69, 9.17) is 0 Å². The molecule has 0 spiro atoms. The highest BCUT2D eigenvalue weighted by molar-refractivity contribution is 7.18. The molecule has 0 saturated carbocycles. The number of thiophene rings is 2. The van der Waals surface area contributed by atoms with Crippen LogP contribution in [0.15, 0.2) is 52.2 Å². The second-order valence-corrected chi connectivity index (χ2v) is 8.68. The van der Waals surface area contributed by atoms with Crippen molar-refractivity contribution >= 4 is 44.5 Å². The molecule has 1 amide bonds. The van der Waals surface area contributed by atoms with Gasteiger partial charge in [0.1, 0.15) is 11.4 Å². The summed E-state index contributed by atoms with van der Waals surface area (Å²) in [5.74, 6) is -0.228. The normalized spacial score (nSPS) is 13.0. The molecule has 1 aliphatic carbocycles. The Balaban J connectivity index is 1.42.